The first-order valence-electron chi connectivity index (χ1n) is 8.65. The largest absolute Gasteiger partial charge is 0.355 e. The van der Waals surface area contributed by atoms with Crippen molar-refractivity contribution in [2.75, 3.05) is 13.6 Å². The molecule has 0 spiro atoms. The van der Waals surface area contributed by atoms with E-state index in [4.69, 9.17) is 0 Å². The summed E-state index contributed by atoms with van der Waals surface area (Å²) in [6.07, 6.45) is 1.09. The molecule has 0 aliphatic heterocycles. The van der Waals surface area contributed by atoms with E-state index in [9.17, 15) is 0 Å². The molecule has 3 rings (SSSR count). The number of aryl methyl sites for hydroxylation is 2. The van der Waals surface area contributed by atoms with E-state index in [2.05, 4.69) is 69.4 Å². The molecule has 0 radical (unpaired) electrons. The van der Waals surface area contributed by atoms with Gasteiger partial charge in [-0.15, -0.1) is 35.3 Å². The highest BCUT2D eigenvalue weighted by Crippen LogP contribution is 2.16. The van der Waals surface area contributed by atoms with E-state index in [-0.39, 0.29) is 24.0 Å². The molecule has 0 saturated heterocycles. The first-order chi connectivity index (χ1) is 12.2. The van der Waals surface area contributed by atoms with Gasteiger partial charge in [-0.2, -0.15) is 0 Å². The molecule has 1 aromatic carbocycles. The summed E-state index contributed by atoms with van der Waals surface area (Å²) in [7, 11) is 1.80. The van der Waals surface area contributed by atoms with E-state index in [0.717, 1.165) is 43.4 Å². The Morgan fingerprint density at radius 1 is 1.15 bits per heavy atom. The van der Waals surface area contributed by atoms with Crippen molar-refractivity contribution in [2.45, 2.75) is 33.4 Å². The molecule has 0 aliphatic carbocycles. The third-order valence-corrected chi connectivity index (χ3v) is 5.42. The smallest absolute Gasteiger partial charge is 0.191 e. The molecule has 0 amide bonds. The standard InChI is InChI=1S/C19H25N5S.HI/c1-4-15-9-10-16(25-15)13-22-19(20-3)21-11-12-24-14(2)23-17-7-5-6-8-18(17)24;/h5-10H,4,11-13H2,1-3H3,(H2,20,21,22);1H. The number of para-hydroxylation sites is 2. The van der Waals surface area contributed by atoms with Gasteiger partial charge >= 0.3 is 0 Å². The highest BCUT2D eigenvalue weighted by molar-refractivity contribution is 14.0. The molecule has 2 heterocycles. The van der Waals surface area contributed by atoms with Gasteiger partial charge in [-0.25, -0.2) is 4.98 Å². The summed E-state index contributed by atoms with van der Waals surface area (Å²) in [5.74, 6) is 1.87. The fourth-order valence-electron chi connectivity index (χ4n) is 2.86. The summed E-state index contributed by atoms with van der Waals surface area (Å²) in [5, 5.41) is 6.76. The van der Waals surface area contributed by atoms with Gasteiger partial charge < -0.3 is 15.2 Å². The number of benzene rings is 1. The van der Waals surface area contributed by atoms with Gasteiger partial charge in [-0.1, -0.05) is 19.1 Å². The SMILES string of the molecule is CCc1ccc(CNC(=NC)NCCn2c(C)nc3ccccc32)s1.I. The van der Waals surface area contributed by atoms with E-state index in [0.29, 0.717) is 0 Å². The number of rotatable bonds is 6. The lowest BCUT2D eigenvalue weighted by molar-refractivity contribution is 0.660. The number of halogens is 1. The number of aromatic nitrogens is 2. The number of nitrogens with one attached hydrogen (secondary N) is 2. The highest BCUT2D eigenvalue weighted by Gasteiger charge is 2.06. The van der Waals surface area contributed by atoms with Crippen molar-refractivity contribution >= 4 is 52.3 Å². The molecular formula is C19H26IN5S. The lowest BCUT2D eigenvalue weighted by Gasteiger charge is -2.12. The summed E-state index contributed by atoms with van der Waals surface area (Å²) in [4.78, 5) is 11.7. The summed E-state index contributed by atoms with van der Waals surface area (Å²) in [5.41, 5.74) is 2.22. The number of nitrogens with zero attached hydrogens (tertiary/aromatic N) is 3. The molecule has 7 heteroatoms. The minimum absolute atomic E-state index is 0. The fraction of sp³-hybridized carbons (Fsp3) is 0.368. The van der Waals surface area contributed by atoms with Crippen LogP contribution in [0.2, 0.25) is 0 Å². The zero-order valence-electron chi connectivity index (χ0n) is 15.5. The zero-order valence-corrected chi connectivity index (χ0v) is 18.6. The van der Waals surface area contributed by atoms with Gasteiger partial charge in [0, 0.05) is 29.9 Å². The fourth-order valence-corrected chi connectivity index (χ4v) is 3.76. The quantitative estimate of drug-likeness (QED) is 0.317. The first kappa shape index (κ1) is 20.7. The Labute approximate surface area is 176 Å². The average Bonchev–Trinajstić information content (AvgIpc) is 3.22. The number of hydrogen-bond donors (Lipinski definition) is 2. The minimum Gasteiger partial charge on any atom is -0.355 e. The van der Waals surface area contributed by atoms with Crippen molar-refractivity contribution in [3.63, 3.8) is 0 Å². The summed E-state index contributed by atoms with van der Waals surface area (Å²) >= 11 is 1.85. The lowest BCUT2D eigenvalue weighted by Crippen LogP contribution is -2.38. The van der Waals surface area contributed by atoms with Crippen LogP contribution in [0.3, 0.4) is 0 Å². The van der Waals surface area contributed by atoms with Gasteiger partial charge in [0.1, 0.15) is 5.82 Å². The maximum atomic E-state index is 4.61. The Bertz CT molecular complexity index is 868. The van der Waals surface area contributed by atoms with Crippen LogP contribution in [0.25, 0.3) is 11.0 Å². The van der Waals surface area contributed by atoms with Crippen molar-refractivity contribution in [2.24, 2.45) is 4.99 Å². The molecule has 2 aromatic heterocycles. The molecule has 3 aromatic rings. The Balaban J connectivity index is 0.00000243. The van der Waals surface area contributed by atoms with Crippen molar-refractivity contribution in [3.05, 3.63) is 52.0 Å². The van der Waals surface area contributed by atoms with E-state index >= 15 is 0 Å². The average molecular weight is 483 g/mol. The van der Waals surface area contributed by atoms with Crippen LogP contribution in [0.5, 0.6) is 0 Å². The topological polar surface area (TPSA) is 54.2 Å². The first-order valence-corrected chi connectivity index (χ1v) is 9.47. The Morgan fingerprint density at radius 3 is 2.65 bits per heavy atom. The number of thiophene rings is 1. The highest BCUT2D eigenvalue weighted by atomic mass is 127. The molecule has 0 unspecified atom stereocenters. The zero-order chi connectivity index (χ0) is 17.6. The molecule has 0 fully saturated rings. The Morgan fingerprint density at radius 2 is 1.92 bits per heavy atom. The van der Waals surface area contributed by atoms with Gasteiger partial charge in [-0.05, 0) is 37.6 Å². The summed E-state index contributed by atoms with van der Waals surface area (Å²) < 4.78 is 2.24. The normalized spacial score (nSPS) is 11.4. The van der Waals surface area contributed by atoms with Gasteiger partial charge in [0.15, 0.2) is 5.96 Å². The van der Waals surface area contributed by atoms with Crippen molar-refractivity contribution < 1.29 is 0 Å². The predicted octanol–water partition coefficient (Wildman–Crippen LogP) is 3.95. The van der Waals surface area contributed by atoms with E-state index < -0.39 is 0 Å². The van der Waals surface area contributed by atoms with Crippen LogP contribution in [0.1, 0.15) is 22.5 Å². The number of aliphatic imine (C=N–C) groups is 1. The summed E-state index contributed by atoms with van der Waals surface area (Å²) in [6, 6.07) is 12.6. The molecule has 2 N–H and O–H groups in total. The van der Waals surface area contributed by atoms with Gasteiger partial charge in [0.25, 0.3) is 0 Å². The number of imidazole rings is 1. The van der Waals surface area contributed by atoms with Crippen LogP contribution in [-0.2, 0) is 19.5 Å². The van der Waals surface area contributed by atoms with Crippen LogP contribution >= 0.6 is 35.3 Å². The predicted molar refractivity (Wildman–Crippen MR) is 122 cm³/mol. The second-order valence-corrected chi connectivity index (χ2v) is 7.13. The molecule has 0 saturated carbocycles. The lowest BCUT2D eigenvalue weighted by atomic mass is 10.3. The monoisotopic (exact) mass is 483 g/mol. The molecule has 0 atom stereocenters. The molecule has 26 heavy (non-hydrogen) atoms. The molecular weight excluding hydrogens is 457 g/mol. The van der Waals surface area contributed by atoms with Crippen molar-refractivity contribution in [1.82, 2.24) is 20.2 Å². The Hall–Kier alpha value is -1.61. The maximum Gasteiger partial charge on any atom is 0.191 e. The van der Waals surface area contributed by atoms with Crippen LogP contribution in [0.4, 0.5) is 0 Å². The molecule has 0 bridgehead atoms. The van der Waals surface area contributed by atoms with Gasteiger partial charge in [0.2, 0.25) is 0 Å². The van der Waals surface area contributed by atoms with Crippen LogP contribution in [-0.4, -0.2) is 29.1 Å². The third-order valence-electron chi connectivity index (χ3n) is 4.19. The van der Waals surface area contributed by atoms with E-state index in [1.807, 2.05) is 17.4 Å². The van der Waals surface area contributed by atoms with Gasteiger partial charge in [0.05, 0.1) is 17.6 Å². The van der Waals surface area contributed by atoms with E-state index in [1.165, 1.54) is 15.3 Å². The van der Waals surface area contributed by atoms with Crippen molar-refractivity contribution in [1.29, 1.82) is 0 Å². The number of fused-ring (bicyclic) bond motifs is 1. The third kappa shape index (κ3) is 4.97. The second kappa shape index (κ2) is 9.91. The van der Waals surface area contributed by atoms with Crippen molar-refractivity contribution in [3.8, 4) is 0 Å². The summed E-state index contributed by atoms with van der Waals surface area (Å²) in [6.45, 7) is 6.69. The van der Waals surface area contributed by atoms with Gasteiger partial charge in [-0.3, -0.25) is 4.99 Å². The molecule has 5 nitrogen and oxygen atoms in total. The maximum absolute atomic E-state index is 4.61. The Kier molecular flexibility index (Phi) is 7.89. The molecule has 140 valence electrons. The van der Waals surface area contributed by atoms with Crippen LogP contribution in [0, 0.1) is 6.92 Å². The van der Waals surface area contributed by atoms with Crippen LogP contribution in [0.15, 0.2) is 41.4 Å². The van der Waals surface area contributed by atoms with E-state index in [1.54, 1.807) is 7.05 Å². The van der Waals surface area contributed by atoms with Crippen LogP contribution < -0.4 is 10.6 Å². The minimum atomic E-state index is 0. The second-order valence-electron chi connectivity index (χ2n) is 5.87. The number of hydrogen-bond acceptors (Lipinski definition) is 3. The molecule has 0 aliphatic rings. The number of guanidine groups is 1.